The molecular weight excluding hydrogens is 401 g/mol. The standard InChI is InChI=1S/C20H15ClFN3O4/c21-15-7-14(22)3-1-12(15)8-25-9-13(6-18(25)26)20-23-19(24-29-20)11-2-4-16-17(5-11)28-10-27-16/h1-5,7,13H,6,8-10H2. The summed E-state index contributed by atoms with van der Waals surface area (Å²) in [5.74, 6) is 1.46. The van der Waals surface area contributed by atoms with Crippen molar-refractivity contribution in [2.24, 2.45) is 0 Å². The summed E-state index contributed by atoms with van der Waals surface area (Å²) in [6, 6.07) is 9.56. The van der Waals surface area contributed by atoms with Crippen LogP contribution in [0.15, 0.2) is 40.9 Å². The van der Waals surface area contributed by atoms with Gasteiger partial charge in [-0.1, -0.05) is 22.8 Å². The minimum Gasteiger partial charge on any atom is -0.454 e. The molecule has 2 aliphatic heterocycles. The summed E-state index contributed by atoms with van der Waals surface area (Å²) in [6.07, 6.45) is 0.265. The minimum atomic E-state index is -0.411. The van der Waals surface area contributed by atoms with Gasteiger partial charge in [-0.2, -0.15) is 4.98 Å². The van der Waals surface area contributed by atoms with Gasteiger partial charge in [-0.25, -0.2) is 4.39 Å². The van der Waals surface area contributed by atoms with E-state index in [4.69, 9.17) is 25.6 Å². The molecule has 0 spiro atoms. The van der Waals surface area contributed by atoms with Crippen molar-refractivity contribution in [1.29, 1.82) is 0 Å². The van der Waals surface area contributed by atoms with Crippen LogP contribution in [-0.2, 0) is 11.3 Å². The van der Waals surface area contributed by atoms with Gasteiger partial charge in [0.2, 0.25) is 24.4 Å². The molecule has 148 valence electrons. The molecule has 2 aliphatic rings. The number of carbonyl (C=O) groups is 1. The van der Waals surface area contributed by atoms with Gasteiger partial charge in [-0.15, -0.1) is 0 Å². The average molecular weight is 416 g/mol. The molecule has 9 heteroatoms. The number of aromatic nitrogens is 2. The predicted octanol–water partition coefficient (Wildman–Crippen LogP) is 3.77. The first kappa shape index (κ1) is 17.9. The molecule has 5 rings (SSSR count). The second-order valence-electron chi connectivity index (χ2n) is 6.94. The van der Waals surface area contributed by atoms with Gasteiger partial charge in [0.25, 0.3) is 0 Å². The van der Waals surface area contributed by atoms with Gasteiger partial charge in [0.1, 0.15) is 5.82 Å². The quantitative estimate of drug-likeness (QED) is 0.645. The Morgan fingerprint density at radius 1 is 1.17 bits per heavy atom. The van der Waals surface area contributed by atoms with E-state index in [0.29, 0.717) is 46.9 Å². The van der Waals surface area contributed by atoms with Crippen LogP contribution in [0, 0.1) is 5.82 Å². The normalized spacial score (nSPS) is 17.9. The highest BCUT2D eigenvalue weighted by Crippen LogP contribution is 2.36. The number of hydrogen-bond donors (Lipinski definition) is 0. The summed E-state index contributed by atoms with van der Waals surface area (Å²) in [7, 11) is 0. The van der Waals surface area contributed by atoms with Crippen molar-refractivity contribution in [1.82, 2.24) is 15.0 Å². The van der Waals surface area contributed by atoms with Crippen LogP contribution in [0.4, 0.5) is 4.39 Å². The predicted molar refractivity (Wildman–Crippen MR) is 100 cm³/mol. The highest BCUT2D eigenvalue weighted by atomic mass is 35.5. The Kier molecular flexibility index (Phi) is 4.35. The van der Waals surface area contributed by atoms with Gasteiger partial charge < -0.3 is 18.9 Å². The molecule has 1 atom stereocenters. The number of nitrogens with zero attached hydrogens (tertiary/aromatic N) is 3. The lowest BCUT2D eigenvalue weighted by Gasteiger charge is -2.17. The molecule has 1 unspecified atom stereocenters. The second-order valence-corrected chi connectivity index (χ2v) is 7.34. The van der Waals surface area contributed by atoms with E-state index in [2.05, 4.69) is 10.1 Å². The summed E-state index contributed by atoms with van der Waals surface area (Å²) in [5, 5.41) is 4.33. The van der Waals surface area contributed by atoms with Gasteiger partial charge in [-0.05, 0) is 35.9 Å². The summed E-state index contributed by atoms with van der Waals surface area (Å²) in [5.41, 5.74) is 1.43. The second kappa shape index (κ2) is 7.04. The fraction of sp³-hybridized carbons (Fsp3) is 0.250. The Labute approximate surface area is 170 Å². The summed E-state index contributed by atoms with van der Waals surface area (Å²) in [4.78, 5) is 18.6. The third-order valence-electron chi connectivity index (χ3n) is 5.01. The average Bonchev–Trinajstić information content (AvgIpc) is 3.43. The number of likely N-dealkylation sites (tertiary alicyclic amines) is 1. The van der Waals surface area contributed by atoms with Crippen LogP contribution < -0.4 is 9.47 Å². The number of fused-ring (bicyclic) bond motifs is 1. The van der Waals surface area contributed by atoms with Crippen LogP contribution in [0.25, 0.3) is 11.4 Å². The van der Waals surface area contributed by atoms with Gasteiger partial charge in [-0.3, -0.25) is 4.79 Å². The van der Waals surface area contributed by atoms with E-state index in [1.54, 1.807) is 23.1 Å². The lowest BCUT2D eigenvalue weighted by atomic mass is 10.1. The van der Waals surface area contributed by atoms with Crippen molar-refractivity contribution in [3.8, 4) is 22.9 Å². The van der Waals surface area contributed by atoms with E-state index in [1.165, 1.54) is 12.1 Å². The van der Waals surface area contributed by atoms with E-state index in [1.807, 2.05) is 6.07 Å². The molecule has 29 heavy (non-hydrogen) atoms. The Balaban J connectivity index is 1.32. The topological polar surface area (TPSA) is 77.7 Å². The maximum atomic E-state index is 13.2. The number of ether oxygens (including phenoxy) is 2. The lowest BCUT2D eigenvalue weighted by Crippen LogP contribution is -2.24. The Bertz CT molecular complexity index is 1100. The minimum absolute atomic E-state index is 0.0433. The van der Waals surface area contributed by atoms with Crippen molar-refractivity contribution in [3.63, 3.8) is 0 Å². The maximum Gasteiger partial charge on any atom is 0.232 e. The van der Waals surface area contributed by atoms with E-state index in [9.17, 15) is 9.18 Å². The molecule has 3 heterocycles. The first-order chi connectivity index (χ1) is 14.1. The molecule has 1 fully saturated rings. The molecule has 2 aromatic carbocycles. The van der Waals surface area contributed by atoms with Crippen LogP contribution in [-0.4, -0.2) is 34.3 Å². The zero-order valence-electron chi connectivity index (χ0n) is 15.1. The molecule has 1 aromatic heterocycles. The molecule has 1 amide bonds. The summed E-state index contributed by atoms with van der Waals surface area (Å²) < 4.78 is 29.3. The van der Waals surface area contributed by atoms with Crippen LogP contribution in [0.2, 0.25) is 5.02 Å². The zero-order valence-corrected chi connectivity index (χ0v) is 15.9. The number of rotatable bonds is 4. The monoisotopic (exact) mass is 415 g/mol. The van der Waals surface area contributed by atoms with Crippen LogP contribution >= 0.6 is 11.6 Å². The molecular formula is C20H15ClFN3O4. The SMILES string of the molecule is O=C1CC(c2nc(-c3ccc4c(c3)OCO4)no2)CN1Cc1ccc(F)cc1Cl. The molecule has 0 saturated carbocycles. The van der Waals surface area contributed by atoms with Crippen molar-refractivity contribution in [3.05, 3.63) is 58.7 Å². The smallest absolute Gasteiger partial charge is 0.232 e. The lowest BCUT2D eigenvalue weighted by molar-refractivity contribution is -0.128. The van der Waals surface area contributed by atoms with E-state index in [0.717, 1.165) is 5.56 Å². The fourth-order valence-corrected chi connectivity index (χ4v) is 3.73. The number of halogens is 2. The van der Waals surface area contributed by atoms with Crippen molar-refractivity contribution in [2.75, 3.05) is 13.3 Å². The van der Waals surface area contributed by atoms with Crippen LogP contribution in [0.1, 0.15) is 23.8 Å². The number of hydrogen-bond acceptors (Lipinski definition) is 6. The van der Waals surface area contributed by atoms with Gasteiger partial charge in [0.15, 0.2) is 11.5 Å². The summed E-state index contributed by atoms with van der Waals surface area (Å²) >= 11 is 6.08. The molecule has 0 radical (unpaired) electrons. The van der Waals surface area contributed by atoms with Crippen molar-refractivity contribution < 1.29 is 23.2 Å². The van der Waals surface area contributed by atoms with E-state index >= 15 is 0 Å². The summed E-state index contributed by atoms with van der Waals surface area (Å²) in [6.45, 7) is 0.918. The highest BCUT2D eigenvalue weighted by molar-refractivity contribution is 6.31. The third kappa shape index (κ3) is 3.40. The van der Waals surface area contributed by atoms with Crippen LogP contribution in [0.3, 0.4) is 0 Å². The largest absolute Gasteiger partial charge is 0.454 e. The fourth-order valence-electron chi connectivity index (χ4n) is 3.50. The number of amides is 1. The molecule has 0 aliphatic carbocycles. The van der Waals surface area contributed by atoms with Gasteiger partial charge >= 0.3 is 0 Å². The Morgan fingerprint density at radius 3 is 2.90 bits per heavy atom. The van der Waals surface area contributed by atoms with E-state index in [-0.39, 0.29) is 25.0 Å². The van der Waals surface area contributed by atoms with Crippen molar-refractivity contribution in [2.45, 2.75) is 18.9 Å². The molecule has 1 saturated heterocycles. The van der Waals surface area contributed by atoms with Gasteiger partial charge in [0, 0.05) is 30.1 Å². The molecule has 7 nitrogen and oxygen atoms in total. The van der Waals surface area contributed by atoms with Gasteiger partial charge in [0.05, 0.1) is 5.92 Å². The van der Waals surface area contributed by atoms with Crippen LogP contribution in [0.5, 0.6) is 11.5 Å². The number of carbonyl (C=O) groups excluding carboxylic acids is 1. The first-order valence-electron chi connectivity index (χ1n) is 9.02. The molecule has 0 N–H and O–H groups in total. The highest BCUT2D eigenvalue weighted by Gasteiger charge is 2.34. The Hall–Kier alpha value is -3.13. The van der Waals surface area contributed by atoms with Crippen molar-refractivity contribution >= 4 is 17.5 Å². The number of benzene rings is 2. The zero-order chi connectivity index (χ0) is 20.0. The Morgan fingerprint density at radius 2 is 2.03 bits per heavy atom. The maximum absolute atomic E-state index is 13.2. The third-order valence-corrected chi connectivity index (χ3v) is 5.36. The van der Waals surface area contributed by atoms with E-state index < -0.39 is 5.82 Å². The molecule has 0 bridgehead atoms. The molecule has 3 aromatic rings. The first-order valence-corrected chi connectivity index (χ1v) is 9.40.